The van der Waals surface area contributed by atoms with Gasteiger partial charge in [0, 0.05) is 18.5 Å². The van der Waals surface area contributed by atoms with Gasteiger partial charge < -0.3 is 9.84 Å². The first kappa shape index (κ1) is 17.0. The molecule has 0 spiro atoms. The predicted molar refractivity (Wildman–Crippen MR) is 91.6 cm³/mol. The van der Waals surface area contributed by atoms with E-state index in [9.17, 15) is 13.5 Å². The molecule has 1 atom stereocenters. The van der Waals surface area contributed by atoms with Crippen LogP contribution in [0.4, 0.5) is 0 Å². The van der Waals surface area contributed by atoms with Crippen molar-refractivity contribution in [1.82, 2.24) is 4.72 Å². The van der Waals surface area contributed by atoms with E-state index in [0.717, 1.165) is 5.56 Å². The van der Waals surface area contributed by atoms with E-state index in [1.54, 1.807) is 37.3 Å². The molecular formula is C18H21NO4S. The van der Waals surface area contributed by atoms with Crippen LogP contribution in [0.25, 0.3) is 0 Å². The number of fused-ring (bicyclic) bond motifs is 1. The van der Waals surface area contributed by atoms with Crippen LogP contribution in [-0.2, 0) is 15.6 Å². The fourth-order valence-corrected chi connectivity index (χ4v) is 4.33. The summed E-state index contributed by atoms with van der Waals surface area (Å²) in [5.74, 6) is 0.595. The molecular weight excluding hydrogens is 326 g/mol. The van der Waals surface area contributed by atoms with Crippen molar-refractivity contribution in [1.29, 1.82) is 0 Å². The molecule has 6 heteroatoms. The Balaban J connectivity index is 1.86. The highest BCUT2D eigenvalue weighted by Gasteiger charge is 2.36. The SMILES string of the molecule is Cc1ccc(C)c(S(=O)(=O)NC[C@@]2(O)CCOc3ccccc32)c1. The van der Waals surface area contributed by atoms with Crippen molar-refractivity contribution in [2.24, 2.45) is 0 Å². The molecule has 0 bridgehead atoms. The van der Waals surface area contributed by atoms with Crippen LogP contribution in [0, 0.1) is 13.8 Å². The van der Waals surface area contributed by atoms with Crippen LogP contribution in [0.1, 0.15) is 23.1 Å². The van der Waals surface area contributed by atoms with Crippen LogP contribution in [-0.4, -0.2) is 26.7 Å². The second-order valence-electron chi connectivity index (χ2n) is 6.22. The molecule has 5 nitrogen and oxygen atoms in total. The minimum absolute atomic E-state index is 0.0942. The maximum Gasteiger partial charge on any atom is 0.240 e. The van der Waals surface area contributed by atoms with Crippen LogP contribution in [0.15, 0.2) is 47.4 Å². The number of para-hydroxylation sites is 1. The maximum absolute atomic E-state index is 12.6. The number of aryl methyl sites for hydroxylation is 2. The lowest BCUT2D eigenvalue weighted by Gasteiger charge is -2.34. The number of hydrogen-bond acceptors (Lipinski definition) is 4. The Morgan fingerprint density at radius 2 is 1.96 bits per heavy atom. The van der Waals surface area contributed by atoms with E-state index in [1.807, 2.05) is 19.1 Å². The van der Waals surface area contributed by atoms with Gasteiger partial charge >= 0.3 is 0 Å². The predicted octanol–water partition coefficient (Wildman–Crippen LogP) is 2.25. The largest absolute Gasteiger partial charge is 0.493 e. The zero-order chi connectivity index (χ0) is 17.4. The molecule has 1 heterocycles. The molecule has 0 saturated carbocycles. The van der Waals surface area contributed by atoms with Crippen molar-refractivity contribution in [2.45, 2.75) is 30.8 Å². The molecule has 1 aliphatic heterocycles. The minimum atomic E-state index is -3.70. The topological polar surface area (TPSA) is 75.6 Å². The van der Waals surface area contributed by atoms with Crippen LogP contribution in [0.5, 0.6) is 5.75 Å². The Bertz CT molecular complexity index is 863. The van der Waals surface area contributed by atoms with Crippen molar-refractivity contribution in [3.8, 4) is 5.75 Å². The molecule has 0 fully saturated rings. The van der Waals surface area contributed by atoms with Gasteiger partial charge in [0.2, 0.25) is 10.0 Å². The zero-order valence-corrected chi connectivity index (χ0v) is 14.6. The number of aliphatic hydroxyl groups is 1. The van der Waals surface area contributed by atoms with Crippen molar-refractivity contribution in [3.05, 3.63) is 59.2 Å². The Morgan fingerprint density at radius 3 is 2.75 bits per heavy atom. The summed E-state index contributed by atoms with van der Waals surface area (Å²) in [4.78, 5) is 0.242. The van der Waals surface area contributed by atoms with E-state index in [2.05, 4.69) is 4.72 Å². The molecule has 0 aliphatic carbocycles. The molecule has 3 rings (SSSR count). The first-order chi connectivity index (χ1) is 11.3. The second-order valence-corrected chi connectivity index (χ2v) is 7.96. The molecule has 0 unspecified atom stereocenters. The summed E-state index contributed by atoms with van der Waals surface area (Å²) in [6.07, 6.45) is 0.333. The average Bonchev–Trinajstić information content (AvgIpc) is 2.56. The van der Waals surface area contributed by atoms with E-state index in [-0.39, 0.29) is 11.4 Å². The van der Waals surface area contributed by atoms with Crippen molar-refractivity contribution in [3.63, 3.8) is 0 Å². The number of ether oxygens (including phenoxy) is 1. The number of sulfonamides is 1. The highest BCUT2D eigenvalue weighted by Crippen LogP contribution is 2.36. The summed E-state index contributed by atoms with van der Waals surface area (Å²) in [5, 5.41) is 11.0. The Hall–Kier alpha value is -1.89. The number of hydrogen-bond donors (Lipinski definition) is 2. The lowest BCUT2D eigenvalue weighted by Crippen LogP contribution is -2.44. The fraction of sp³-hybridized carbons (Fsp3) is 0.333. The third-order valence-electron chi connectivity index (χ3n) is 4.35. The van der Waals surface area contributed by atoms with Gasteiger partial charge in [-0.3, -0.25) is 0 Å². The molecule has 2 N–H and O–H groups in total. The Kier molecular flexibility index (Phi) is 4.38. The highest BCUT2D eigenvalue weighted by molar-refractivity contribution is 7.89. The normalized spacial score (nSPS) is 20.3. The van der Waals surface area contributed by atoms with E-state index in [1.165, 1.54) is 0 Å². The second kappa shape index (κ2) is 6.20. The van der Waals surface area contributed by atoms with Gasteiger partial charge in [0.25, 0.3) is 0 Å². The van der Waals surface area contributed by atoms with E-state index < -0.39 is 15.6 Å². The number of rotatable bonds is 4. The van der Waals surface area contributed by atoms with Crippen LogP contribution >= 0.6 is 0 Å². The molecule has 0 amide bonds. The molecule has 2 aromatic rings. The third-order valence-corrected chi connectivity index (χ3v) is 5.89. The lowest BCUT2D eigenvalue weighted by molar-refractivity contribution is 0.00219. The zero-order valence-electron chi connectivity index (χ0n) is 13.7. The van der Waals surface area contributed by atoms with Gasteiger partial charge in [0.15, 0.2) is 0 Å². The molecule has 2 aromatic carbocycles. The summed E-state index contributed by atoms with van der Waals surface area (Å²) in [5.41, 5.74) is 0.878. The summed E-state index contributed by atoms with van der Waals surface area (Å²) in [7, 11) is -3.70. The first-order valence-corrected chi connectivity index (χ1v) is 9.32. The third kappa shape index (κ3) is 3.17. The van der Waals surface area contributed by atoms with E-state index in [4.69, 9.17) is 4.74 Å². The first-order valence-electron chi connectivity index (χ1n) is 7.83. The van der Waals surface area contributed by atoms with Gasteiger partial charge in [-0.2, -0.15) is 0 Å². The van der Waals surface area contributed by atoms with Crippen LogP contribution < -0.4 is 9.46 Å². The van der Waals surface area contributed by atoms with E-state index in [0.29, 0.717) is 29.9 Å². The lowest BCUT2D eigenvalue weighted by atomic mass is 9.88. The van der Waals surface area contributed by atoms with Crippen molar-refractivity contribution < 1.29 is 18.3 Å². The fourth-order valence-electron chi connectivity index (χ4n) is 2.91. The van der Waals surface area contributed by atoms with Crippen molar-refractivity contribution >= 4 is 10.0 Å². The molecule has 1 aliphatic rings. The van der Waals surface area contributed by atoms with Gasteiger partial charge in [0.05, 0.1) is 11.5 Å². The van der Waals surface area contributed by atoms with Gasteiger partial charge in [-0.05, 0) is 37.1 Å². The summed E-state index contributed by atoms with van der Waals surface area (Å²) < 4.78 is 33.4. The Labute approximate surface area is 142 Å². The quantitative estimate of drug-likeness (QED) is 0.889. The average molecular weight is 347 g/mol. The highest BCUT2D eigenvalue weighted by atomic mass is 32.2. The molecule has 0 saturated heterocycles. The maximum atomic E-state index is 12.6. The minimum Gasteiger partial charge on any atom is -0.493 e. The monoisotopic (exact) mass is 347 g/mol. The van der Waals surface area contributed by atoms with E-state index >= 15 is 0 Å². The standard InChI is InChI=1S/C18H21NO4S/c1-13-7-8-14(2)17(11-13)24(21,22)19-12-18(20)9-10-23-16-6-4-3-5-15(16)18/h3-8,11,19-20H,9-10,12H2,1-2H3/t18-/m0/s1. The molecule has 0 radical (unpaired) electrons. The van der Waals surface area contributed by atoms with Crippen LogP contribution in [0.3, 0.4) is 0 Å². The molecule has 24 heavy (non-hydrogen) atoms. The van der Waals surface area contributed by atoms with Gasteiger partial charge in [-0.25, -0.2) is 13.1 Å². The summed E-state index contributed by atoms with van der Waals surface area (Å²) >= 11 is 0. The van der Waals surface area contributed by atoms with Crippen LogP contribution in [0.2, 0.25) is 0 Å². The smallest absolute Gasteiger partial charge is 0.240 e. The molecule has 128 valence electrons. The van der Waals surface area contributed by atoms with Crippen molar-refractivity contribution in [2.75, 3.05) is 13.2 Å². The summed E-state index contributed by atoms with van der Waals surface area (Å²) in [6.45, 7) is 3.86. The van der Waals surface area contributed by atoms with Gasteiger partial charge in [0.1, 0.15) is 11.4 Å². The van der Waals surface area contributed by atoms with Gasteiger partial charge in [-0.15, -0.1) is 0 Å². The number of benzene rings is 2. The number of nitrogens with one attached hydrogen (secondary N) is 1. The van der Waals surface area contributed by atoms with Gasteiger partial charge in [-0.1, -0.05) is 30.3 Å². The Morgan fingerprint density at radius 1 is 1.21 bits per heavy atom. The summed E-state index contributed by atoms with van der Waals surface area (Å²) in [6, 6.07) is 12.5. The molecule has 0 aromatic heterocycles.